The SMILES string of the molecule is N#CC1=CCC(F)C=C1c1ccc(OCc2ccccc2)cc1. The standard InChI is InChI=1S/C20H16FNO/c21-18-9-6-17(13-22)20(12-18)16-7-10-19(11-8-16)23-14-15-4-2-1-3-5-15/h1-8,10-12,18H,9,14H2. The molecule has 0 spiro atoms. The van der Waals surface area contributed by atoms with E-state index >= 15 is 0 Å². The van der Waals surface area contributed by atoms with Gasteiger partial charge in [0, 0.05) is 6.42 Å². The number of hydrogen-bond acceptors (Lipinski definition) is 2. The molecule has 0 radical (unpaired) electrons. The molecule has 3 rings (SSSR count). The number of benzene rings is 2. The van der Waals surface area contributed by atoms with Gasteiger partial charge < -0.3 is 4.74 Å². The molecule has 0 aliphatic heterocycles. The maximum atomic E-state index is 13.6. The summed E-state index contributed by atoms with van der Waals surface area (Å²) in [4.78, 5) is 0. The first kappa shape index (κ1) is 15.1. The summed E-state index contributed by atoms with van der Waals surface area (Å²) in [7, 11) is 0. The van der Waals surface area contributed by atoms with Gasteiger partial charge in [-0.05, 0) is 34.9 Å². The van der Waals surface area contributed by atoms with E-state index in [0.29, 0.717) is 17.8 Å². The zero-order chi connectivity index (χ0) is 16.1. The van der Waals surface area contributed by atoms with Gasteiger partial charge in [0.1, 0.15) is 18.5 Å². The fourth-order valence-electron chi connectivity index (χ4n) is 2.51. The second-order valence-electron chi connectivity index (χ2n) is 5.36. The molecule has 0 N–H and O–H groups in total. The van der Waals surface area contributed by atoms with Crippen LogP contribution in [0.15, 0.2) is 72.3 Å². The zero-order valence-corrected chi connectivity index (χ0v) is 12.6. The Morgan fingerprint density at radius 2 is 1.83 bits per heavy atom. The van der Waals surface area contributed by atoms with E-state index in [0.717, 1.165) is 16.9 Å². The highest BCUT2D eigenvalue weighted by Gasteiger charge is 2.16. The van der Waals surface area contributed by atoms with E-state index < -0.39 is 6.17 Å². The van der Waals surface area contributed by atoms with Crippen molar-refractivity contribution in [2.45, 2.75) is 19.2 Å². The number of hydrogen-bond donors (Lipinski definition) is 0. The molecule has 0 saturated carbocycles. The predicted molar refractivity (Wildman–Crippen MR) is 88.4 cm³/mol. The van der Waals surface area contributed by atoms with Crippen LogP contribution in [-0.4, -0.2) is 6.17 Å². The van der Waals surface area contributed by atoms with Gasteiger partial charge in [-0.25, -0.2) is 4.39 Å². The van der Waals surface area contributed by atoms with Gasteiger partial charge >= 0.3 is 0 Å². The van der Waals surface area contributed by atoms with Crippen LogP contribution in [0.2, 0.25) is 0 Å². The number of halogens is 1. The number of alkyl halides is 1. The maximum Gasteiger partial charge on any atom is 0.123 e. The number of ether oxygens (including phenoxy) is 1. The van der Waals surface area contributed by atoms with E-state index in [1.54, 1.807) is 6.08 Å². The van der Waals surface area contributed by atoms with Gasteiger partial charge in [-0.1, -0.05) is 48.5 Å². The lowest BCUT2D eigenvalue weighted by Crippen LogP contribution is -2.03. The first-order valence-electron chi connectivity index (χ1n) is 7.50. The van der Waals surface area contributed by atoms with E-state index in [1.165, 1.54) is 6.08 Å². The van der Waals surface area contributed by atoms with Crippen LogP contribution in [0.1, 0.15) is 17.5 Å². The highest BCUT2D eigenvalue weighted by molar-refractivity contribution is 5.84. The summed E-state index contributed by atoms with van der Waals surface area (Å²) < 4.78 is 19.3. The van der Waals surface area contributed by atoms with Crippen molar-refractivity contribution in [1.29, 1.82) is 5.26 Å². The van der Waals surface area contributed by atoms with Crippen molar-refractivity contribution in [3.8, 4) is 11.8 Å². The molecule has 2 aromatic rings. The van der Waals surface area contributed by atoms with Crippen molar-refractivity contribution in [2.75, 3.05) is 0 Å². The van der Waals surface area contributed by atoms with Gasteiger partial charge in [-0.3, -0.25) is 0 Å². The second-order valence-corrected chi connectivity index (χ2v) is 5.36. The predicted octanol–water partition coefficient (Wildman–Crippen LogP) is 4.84. The topological polar surface area (TPSA) is 33.0 Å². The van der Waals surface area contributed by atoms with Crippen molar-refractivity contribution in [3.63, 3.8) is 0 Å². The second kappa shape index (κ2) is 6.93. The van der Waals surface area contributed by atoms with Crippen molar-refractivity contribution in [3.05, 3.63) is 83.4 Å². The molecule has 0 amide bonds. The minimum absolute atomic E-state index is 0.269. The van der Waals surface area contributed by atoms with Gasteiger partial charge in [0.25, 0.3) is 0 Å². The van der Waals surface area contributed by atoms with Crippen molar-refractivity contribution in [2.24, 2.45) is 0 Å². The summed E-state index contributed by atoms with van der Waals surface area (Å²) in [6.45, 7) is 0.499. The van der Waals surface area contributed by atoms with Crippen LogP contribution in [0.25, 0.3) is 5.57 Å². The maximum absolute atomic E-state index is 13.6. The summed E-state index contributed by atoms with van der Waals surface area (Å²) in [5, 5.41) is 9.17. The van der Waals surface area contributed by atoms with E-state index in [-0.39, 0.29) is 6.42 Å². The number of allylic oxidation sites excluding steroid dienone is 4. The van der Waals surface area contributed by atoms with Gasteiger partial charge in [-0.2, -0.15) is 5.26 Å². The minimum atomic E-state index is -1.03. The molecule has 2 aromatic carbocycles. The summed E-state index contributed by atoms with van der Waals surface area (Å²) in [5.74, 6) is 0.744. The third-order valence-electron chi connectivity index (χ3n) is 3.72. The van der Waals surface area contributed by atoms with Gasteiger partial charge in [-0.15, -0.1) is 0 Å². The lowest BCUT2D eigenvalue weighted by molar-refractivity contribution is 0.306. The van der Waals surface area contributed by atoms with E-state index in [2.05, 4.69) is 6.07 Å². The van der Waals surface area contributed by atoms with Crippen molar-refractivity contribution in [1.82, 2.24) is 0 Å². The Morgan fingerprint density at radius 1 is 1.09 bits per heavy atom. The Kier molecular flexibility index (Phi) is 4.54. The Hall–Kier alpha value is -2.86. The van der Waals surface area contributed by atoms with Crippen molar-refractivity contribution >= 4 is 5.57 Å². The summed E-state index contributed by atoms with van der Waals surface area (Å²) in [6, 6.07) is 19.5. The highest BCUT2D eigenvalue weighted by atomic mass is 19.1. The molecule has 0 heterocycles. The Labute approximate surface area is 135 Å². The third kappa shape index (κ3) is 3.67. The lowest BCUT2D eigenvalue weighted by atomic mass is 9.92. The van der Waals surface area contributed by atoms with Crippen molar-refractivity contribution < 1.29 is 9.13 Å². The van der Waals surface area contributed by atoms with Crippen LogP contribution in [0, 0.1) is 11.3 Å². The monoisotopic (exact) mass is 305 g/mol. The average Bonchev–Trinajstić information content (AvgIpc) is 2.61. The quantitative estimate of drug-likeness (QED) is 0.809. The molecule has 3 heteroatoms. The first-order chi connectivity index (χ1) is 11.3. The van der Waals surface area contributed by atoms with Crippen LogP contribution < -0.4 is 4.74 Å². The fourth-order valence-corrected chi connectivity index (χ4v) is 2.51. The number of nitriles is 1. The Morgan fingerprint density at radius 3 is 2.52 bits per heavy atom. The van der Waals surface area contributed by atoms with E-state index in [4.69, 9.17) is 10.00 Å². The third-order valence-corrected chi connectivity index (χ3v) is 3.72. The molecule has 1 aliphatic carbocycles. The summed E-state index contributed by atoms with van der Waals surface area (Å²) >= 11 is 0. The molecule has 0 bridgehead atoms. The fraction of sp³-hybridized carbons (Fsp3) is 0.150. The Balaban J connectivity index is 1.72. The molecule has 1 atom stereocenters. The van der Waals surface area contributed by atoms with Gasteiger partial charge in [0.2, 0.25) is 0 Å². The summed E-state index contributed by atoms with van der Waals surface area (Å²) in [6.07, 6.45) is 2.40. The molecule has 1 aliphatic rings. The molecular formula is C20H16FNO. The highest BCUT2D eigenvalue weighted by Crippen LogP contribution is 2.30. The molecule has 23 heavy (non-hydrogen) atoms. The smallest absolute Gasteiger partial charge is 0.123 e. The van der Waals surface area contributed by atoms with Crippen LogP contribution in [0.4, 0.5) is 4.39 Å². The normalized spacial score (nSPS) is 17.0. The first-order valence-corrected chi connectivity index (χ1v) is 7.50. The lowest BCUT2D eigenvalue weighted by Gasteiger charge is -2.14. The van der Waals surface area contributed by atoms with Gasteiger partial charge in [0.15, 0.2) is 0 Å². The van der Waals surface area contributed by atoms with Crippen LogP contribution in [0.5, 0.6) is 5.75 Å². The molecule has 2 nitrogen and oxygen atoms in total. The molecule has 1 unspecified atom stereocenters. The average molecular weight is 305 g/mol. The molecule has 114 valence electrons. The van der Waals surface area contributed by atoms with Crippen LogP contribution in [0.3, 0.4) is 0 Å². The van der Waals surface area contributed by atoms with E-state index in [9.17, 15) is 4.39 Å². The van der Waals surface area contributed by atoms with Crippen LogP contribution >= 0.6 is 0 Å². The molecule has 0 fully saturated rings. The van der Waals surface area contributed by atoms with Gasteiger partial charge in [0.05, 0.1) is 11.6 Å². The summed E-state index contributed by atoms with van der Waals surface area (Å²) in [5.41, 5.74) is 3.10. The van der Waals surface area contributed by atoms with Crippen LogP contribution in [-0.2, 0) is 6.61 Å². The largest absolute Gasteiger partial charge is 0.489 e. The molecule has 0 aromatic heterocycles. The zero-order valence-electron chi connectivity index (χ0n) is 12.6. The Bertz CT molecular complexity index is 770. The molecule has 0 saturated heterocycles. The van der Waals surface area contributed by atoms with E-state index in [1.807, 2.05) is 54.6 Å². The minimum Gasteiger partial charge on any atom is -0.489 e. The number of rotatable bonds is 4. The molecular weight excluding hydrogens is 289 g/mol. The number of nitrogens with zero attached hydrogens (tertiary/aromatic N) is 1.